The molecule has 0 bridgehead atoms. The number of methoxy groups -OCH3 is 1. The molecule has 9 nitrogen and oxygen atoms in total. The highest BCUT2D eigenvalue weighted by molar-refractivity contribution is 6.29. The first-order valence-electron chi connectivity index (χ1n) is 13.0. The molecular formula is C28H32ClN7O2. The first kappa shape index (κ1) is 24.8. The molecule has 4 heterocycles. The second-order valence-corrected chi connectivity index (χ2v) is 10.4. The first-order valence-corrected chi connectivity index (χ1v) is 13.4. The van der Waals surface area contributed by atoms with Crippen LogP contribution in [0, 0.1) is 0 Å². The molecule has 38 heavy (non-hydrogen) atoms. The van der Waals surface area contributed by atoms with Crippen LogP contribution >= 0.6 is 11.6 Å². The maximum atomic E-state index is 6.27. The molecule has 4 aromatic rings. The number of fused-ring (bicyclic) bond motifs is 1. The Bertz CT molecular complexity index is 1410. The zero-order chi connectivity index (χ0) is 26.1. The molecule has 0 unspecified atom stereocenters. The average Bonchev–Trinajstić information content (AvgIpc) is 3.70. The van der Waals surface area contributed by atoms with E-state index in [1.54, 1.807) is 13.2 Å². The predicted octanol–water partition coefficient (Wildman–Crippen LogP) is 4.61. The summed E-state index contributed by atoms with van der Waals surface area (Å²) < 4.78 is 13.2. The van der Waals surface area contributed by atoms with Gasteiger partial charge in [-0.2, -0.15) is 9.97 Å². The van der Waals surface area contributed by atoms with E-state index in [0.717, 1.165) is 48.8 Å². The second kappa shape index (κ2) is 10.7. The normalized spacial score (nSPS) is 16.1. The number of hydrogen-bond donors (Lipinski definition) is 1. The Labute approximate surface area is 227 Å². The van der Waals surface area contributed by atoms with Gasteiger partial charge in [-0.1, -0.05) is 23.7 Å². The van der Waals surface area contributed by atoms with Crippen molar-refractivity contribution < 1.29 is 9.47 Å². The highest BCUT2D eigenvalue weighted by Gasteiger charge is 2.27. The van der Waals surface area contributed by atoms with Crippen LogP contribution in [0.2, 0.25) is 5.15 Å². The molecular weight excluding hydrogens is 502 g/mol. The minimum Gasteiger partial charge on any atom is -0.497 e. The Morgan fingerprint density at radius 1 is 1.00 bits per heavy atom. The molecule has 0 amide bonds. The van der Waals surface area contributed by atoms with Crippen LogP contribution in [0.4, 0.5) is 11.5 Å². The lowest BCUT2D eigenvalue weighted by Gasteiger charge is -2.34. The van der Waals surface area contributed by atoms with Gasteiger partial charge in [0.25, 0.3) is 0 Å². The molecule has 1 saturated carbocycles. The van der Waals surface area contributed by atoms with Crippen molar-refractivity contribution in [2.75, 3.05) is 50.6 Å². The van der Waals surface area contributed by atoms with Gasteiger partial charge in [-0.05, 0) is 55.1 Å². The molecule has 2 fully saturated rings. The van der Waals surface area contributed by atoms with Crippen LogP contribution in [0.5, 0.6) is 11.8 Å². The molecule has 6 rings (SSSR count). The highest BCUT2D eigenvalue weighted by Crippen LogP contribution is 2.42. The van der Waals surface area contributed by atoms with Crippen molar-refractivity contribution in [3.8, 4) is 11.8 Å². The minimum atomic E-state index is 0.220. The van der Waals surface area contributed by atoms with Crippen molar-refractivity contribution >= 4 is 28.8 Å². The van der Waals surface area contributed by atoms with E-state index in [9.17, 15) is 0 Å². The molecule has 1 N–H and O–H groups in total. The number of nitrogens with zero attached hydrogens (tertiary/aromatic N) is 6. The smallest absolute Gasteiger partial charge is 0.320 e. The molecule has 1 saturated heterocycles. The molecule has 0 atom stereocenters. The van der Waals surface area contributed by atoms with Gasteiger partial charge in [0.05, 0.1) is 25.0 Å². The molecule has 1 aliphatic heterocycles. The lowest BCUT2D eigenvalue weighted by atomic mass is 10.1. The number of pyridine rings is 1. The third-order valence-corrected chi connectivity index (χ3v) is 7.34. The number of ether oxygens (including phenoxy) is 2. The van der Waals surface area contributed by atoms with Crippen molar-refractivity contribution in [1.82, 2.24) is 24.3 Å². The number of hydrogen-bond acceptors (Lipinski definition) is 8. The Hall–Kier alpha value is -3.56. The van der Waals surface area contributed by atoms with E-state index in [1.165, 1.54) is 24.1 Å². The quantitative estimate of drug-likeness (QED) is 0.313. The lowest BCUT2D eigenvalue weighted by Crippen LogP contribution is -2.44. The summed E-state index contributed by atoms with van der Waals surface area (Å²) in [5, 5.41) is 3.66. The Morgan fingerprint density at radius 3 is 2.53 bits per heavy atom. The summed E-state index contributed by atoms with van der Waals surface area (Å²) in [5.41, 5.74) is 5.55. The highest BCUT2D eigenvalue weighted by atomic mass is 35.5. The largest absolute Gasteiger partial charge is 0.497 e. The van der Waals surface area contributed by atoms with Crippen LogP contribution in [0.15, 0.2) is 48.8 Å². The SMILES string of the molecule is COc1ccc(COc2nc(Cl)cc(NCc3cn4cc(C5CC5)cc(N5CCN(C)CC5)c4n3)n2)cc1. The number of rotatable bonds is 9. The maximum absolute atomic E-state index is 6.27. The van der Waals surface area contributed by atoms with Crippen LogP contribution in [-0.4, -0.2) is 64.6 Å². The van der Waals surface area contributed by atoms with E-state index >= 15 is 0 Å². The third-order valence-electron chi connectivity index (χ3n) is 7.15. The van der Waals surface area contributed by atoms with Gasteiger partial charge in [-0.3, -0.25) is 0 Å². The van der Waals surface area contributed by atoms with Crippen molar-refractivity contribution in [1.29, 1.82) is 0 Å². The third kappa shape index (κ3) is 5.63. The number of benzene rings is 1. The fraction of sp³-hybridized carbons (Fsp3) is 0.393. The Morgan fingerprint density at radius 2 is 1.79 bits per heavy atom. The second-order valence-electron chi connectivity index (χ2n) is 10.0. The Balaban J connectivity index is 1.17. The summed E-state index contributed by atoms with van der Waals surface area (Å²) in [5.74, 6) is 2.06. The fourth-order valence-corrected chi connectivity index (χ4v) is 4.94. The van der Waals surface area contributed by atoms with E-state index in [-0.39, 0.29) is 6.01 Å². The predicted molar refractivity (Wildman–Crippen MR) is 149 cm³/mol. The van der Waals surface area contributed by atoms with E-state index < -0.39 is 0 Å². The topological polar surface area (TPSA) is 80.1 Å². The molecule has 10 heteroatoms. The minimum absolute atomic E-state index is 0.220. The van der Waals surface area contributed by atoms with Gasteiger partial charge in [0.2, 0.25) is 0 Å². The number of aromatic nitrogens is 4. The Kier molecular flexibility index (Phi) is 6.95. The van der Waals surface area contributed by atoms with Crippen LogP contribution in [-0.2, 0) is 13.2 Å². The van der Waals surface area contributed by atoms with Crippen molar-refractivity contribution in [2.45, 2.75) is 31.9 Å². The number of halogens is 1. The maximum Gasteiger partial charge on any atom is 0.320 e. The van der Waals surface area contributed by atoms with E-state index in [0.29, 0.717) is 30.0 Å². The van der Waals surface area contributed by atoms with Gasteiger partial charge in [0, 0.05) is 44.6 Å². The van der Waals surface area contributed by atoms with Crippen molar-refractivity contribution in [2.24, 2.45) is 0 Å². The van der Waals surface area contributed by atoms with Crippen LogP contribution < -0.4 is 19.7 Å². The van der Waals surface area contributed by atoms with Crippen LogP contribution in [0.1, 0.15) is 35.6 Å². The van der Waals surface area contributed by atoms with Gasteiger partial charge in [0.1, 0.15) is 23.3 Å². The zero-order valence-corrected chi connectivity index (χ0v) is 22.5. The van der Waals surface area contributed by atoms with Gasteiger partial charge in [0.15, 0.2) is 5.65 Å². The molecule has 3 aromatic heterocycles. The summed E-state index contributed by atoms with van der Waals surface area (Å²) in [6, 6.07) is 11.9. The monoisotopic (exact) mass is 533 g/mol. The number of imidazole rings is 1. The van der Waals surface area contributed by atoms with Crippen molar-refractivity contribution in [3.05, 3.63) is 70.8 Å². The summed E-state index contributed by atoms with van der Waals surface area (Å²) in [6.45, 7) is 4.99. The van der Waals surface area contributed by atoms with Crippen LogP contribution in [0.3, 0.4) is 0 Å². The number of nitrogens with one attached hydrogen (secondary N) is 1. The molecule has 0 radical (unpaired) electrons. The molecule has 198 valence electrons. The molecule has 0 spiro atoms. The van der Waals surface area contributed by atoms with E-state index in [4.69, 9.17) is 26.1 Å². The molecule has 1 aliphatic carbocycles. The standard InChI is InChI=1S/C28H32ClN7O2/c1-34-9-11-35(12-10-34)24-13-21(20-5-6-20)16-36-17-22(31-27(24)36)15-30-26-14-25(29)32-28(33-26)38-18-19-3-7-23(37-2)8-4-19/h3-4,7-8,13-14,16-17,20H,5-6,9-12,15,18H2,1-2H3,(H,30,32,33). The summed E-state index contributed by atoms with van der Waals surface area (Å²) in [7, 11) is 3.83. The fourth-order valence-electron chi connectivity index (χ4n) is 4.76. The van der Waals surface area contributed by atoms with Crippen LogP contribution in [0.25, 0.3) is 5.65 Å². The number of anilines is 2. The van der Waals surface area contributed by atoms with E-state index in [2.05, 4.69) is 55.0 Å². The first-order chi connectivity index (χ1) is 18.5. The van der Waals surface area contributed by atoms with E-state index in [1.807, 2.05) is 24.3 Å². The van der Waals surface area contributed by atoms with Gasteiger partial charge >= 0.3 is 6.01 Å². The van der Waals surface area contributed by atoms with Gasteiger partial charge in [-0.15, -0.1) is 0 Å². The lowest BCUT2D eigenvalue weighted by molar-refractivity contribution is 0.281. The average molecular weight is 534 g/mol. The van der Waals surface area contributed by atoms with Gasteiger partial charge < -0.3 is 29.0 Å². The molecule has 1 aromatic carbocycles. The van der Waals surface area contributed by atoms with Crippen molar-refractivity contribution in [3.63, 3.8) is 0 Å². The number of piperazine rings is 1. The van der Waals surface area contributed by atoms with Gasteiger partial charge in [-0.25, -0.2) is 4.98 Å². The zero-order valence-electron chi connectivity index (χ0n) is 21.7. The summed E-state index contributed by atoms with van der Waals surface area (Å²) >= 11 is 6.27. The summed E-state index contributed by atoms with van der Waals surface area (Å²) in [4.78, 5) is 18.6. The number of likely N-dealkylation sites (N-methyl/N-ethyl adjacent to an activating group) is 1. The molecule has 2 aliphatic rings. The summed E-state index contributed by atoms with van der Waals surface area (Å²) in [6.07, 6.45) is 6.90.